The number of nitrogens with zero attached hydrogens (tertiary/aromatic N) is 3. The summed E-state index contributed by atoms with van der Waals surface area (Å²) in [6.07, 6.45) is -0.587. The van der Waals surface area contributed by atoms with Gasteiger partial charge in [0, 0.05) is 0 Å². The molecule has 0 bridgehead atoms. The van der Waals surface area contributed by atoms with E-state index in [1.165, 1.54) is 18.2 Å². The van der Waals surface area contributed by atoms with Crippen molar-refractivity contribution in [2.45, 2.75) is 138 Å². The number of hydrogen-bond donors (Lipinski definition) is 3. The Hall–Kier alpha value is -6.12. The highest BCUT2D eigenvalue weighted by atomic mass is 16.5. The molecule has 15 heteroatoms. The van der Waals surface area contributed by atoms with Crippen molar-refractivity contribution in [3.8, 4) is 17.2 Å². The third-order valence-corrected chi connectivity index (χ3v) is 10.9. The molecule has 0 fully saturated rings. The number of aromatic nitrogens is 3. The van der Waals surface area contributed by atoms with Crippen molar-refractivity contribution in [1.82, 2.24) is 13.7 Å². The van der Waals surface area contributed by atoms with Gasteiger partial charge in [-0.25, -0.2) is 28.1 Å². The van der Waals surface area contributed by atoms with Crippen LogP contribution in [0.15, 0.2) is 50.8 Å². The number of aromatic hydroxyl groups is 3. The van der Waals surface area contributed by atoms with Gasteiger partial charge < -0.3 is 29.5 Å². The normalized spacial score (nSPS) is 12.0. The Labute approximate surface area is 367 Å². The van der Waals surface area contributed by atoms with Crippen LogP contribution >= 0.6 is 0 Å². The SMILES string of the molecule is Cc1cc(C(C)(C)C)c(O)cc1CC(=O)OCCn1c(=O)n(CCOC(=O)Cc2cc(O)c(C(C)(C)C)cc2C)c(=O)n(CCOC(=O)Cc2cc(O)c(C(C)(C)C)cc2C)c1=O. The first-order chi connectivity index (χ1) is 29.1. The molecule has 1 heterocycles. The fourth-order valence-electron chi connectivity index (χ4n) is 7.22. The lowest BCUT2D eigenvalue weighted by atomic mass is 9.84. The Bertz CT molecular complexity index is 2250. The van der Waals surface area contributed by atoms with Gasteiger partial charge in [-0.05, 0) is 105 Å². The molecular weight excluding hydrogens is 811 g/mol. The number of carbonyl (C=O) groups excluding carboxylic acids is 3. The predicted octanol–water partition coefficient (Wildman–Crippen LogP) is 5.46. The summed E-state index contributed by atoms with van der Waals surface area (Å²) in [7, 11) is 0. The van der Waals surface area contributed by atoms with Crippen LogP contribution in [0.3, 0.4) is 0 Å². The molecule has 0 aliphatic rings. The summed E-state index contributed by atoms with van der Waals surface area (Å²) in [5.41, 5.74) is 1.91. The predicted molar refractivity (Wildman–Crippen MR) is 238 cm³/mol. The van der Waals surface area contributed by atoms with Crippen LogP contribution in [0.25, 0.3) is 0 Å². The van der Waals surface area contributed by atoms with Crippen LogP contribution in [0.1, 0.15) is 112 Å². The maximum atomic E-state index is 13.7. The lowest BCUT2D eigenvalue weighted by Crippen LogP contribution is -2.55. The van der Waals surface area contributed by atoms with Gasteiger partial charge in [0.25, 0.3) is 0 Å². The van der Waals surface area contributed by atoms with E-state index in [1.54, 1.807) is 0 Å². The molecular formula is C48H63N3O12. The van der Waals surface area contributed by atoms with Crippen LogP contribution in [-0.4, -0.2) is 66.7 Å². The van der Waals surface area contributed by atoms with E-state index in [9.17, 15) is 44.1 Å². The van der Waals surface area contributed by atoms with E-state index in [2.05, 4.69) is 0 Å². The first-order valence-electron chi connectivity index (χ1n) is 21.0. The quantitative estimate of drug-likeness (QED) is 0.101. The highest BCUT2D eigenvalue weighted by Gasteiger charge is 2.24. The van der Waals surface area contributed by atoms with Gasteiger partial charge in [-0.2, -0.15) is 0 Å². The summed E-state index contributed by atoms with van der Waals surface area (Å²) in [4.78, 5) is 79.8. The van der Waals surface area contributed by atoms with E-state index in [1.807, 2.05) is 101 Å². The number of phenols is 3. The third kappa shape index (κ3) is 12.5. The summed E-state index contributed by atoms with van der Waals surface area (Å²) in [6.45, 7) is 20.4. The van der Waals surface area contributed by atoms with Crippen molar-refractivity contribution in [3.05, 3.63) is 118 Å². The minimum absolute atomic E-state index is 0.0370. The van der Waals surface area contributed by atoms with E-state index in [0.29, 0.717) is 30.4 Å². The number of carbonyl (C=O) groups is 3. The van der Waals surface area contributed by atoms with Crippen LogP contribution in [0.5, 0.6) is 17.2 Å². The summed E-state index contributed by atoms with van der Waals surface area (Å²) in [5.74, 6) is -1.95. The topological polar surface area (TPSA) is 206 Å². The Balaban J connectivity index is 1.53. The third-order valence-electron chi connectivity index (χ3n) is 10.9. The molecule has 0 spiro atoms. The number of ether oxygens (including phenoxy) is 3. The van der Waals surface area contributed by atoms with Gasteiger partial charge in [0.1, 0.15) is 37.1 Å². The summed E-state index contributed by atoms with van der Waals surface area (Å²) in [6, 6.07) is 9.96. The fraction of sp³-hybridized carbons (Fsp3) is 0.500. The molecule has 0 saturated heterocycles. The zero-order valence-corrected chi connectivity index (χ0v) is 38.7. The summed E-state index contributed by atoms with van der Waals surface area (Å²) < 4.78 is 18.3. The molecule has 3 aromatic carbocycles. The van der Waals surface area contributed by atoms with Gasteiger partial charge in [0.2, 0.25) is 0 Å². The first-order valence-corrected chi connectivity index (χ1v) is 21.0. The molecule has 63 heavy (non-hydrogen) atoms. The van der Waals surface area contributed by atoms with E-state index in [-0.39, 0.29) is 52.8 Å². The Morgan fingerprint density at radius 2 is 0.667 bits per heavy atom. The number of esters is 3. The molecule has 0 unspecified atom stereocenters. The molecule has 0 aliphatic heterocycles. The smallest absolute Gasteiger partial charge is 0.336 e. The minimum atomic E-state index is -1.04. The van der Waals surface area contributed by atoms with Gasteiger partial charge >= 0.3 is 35.0 Å². The number of hydrogen-bond acceptors (Lipinski definition) is 12. The molecule has 15 nitrogen and oxygen atoms in total. The van der Waals surface area contributed by atoms with Crippen molar-refractivity contribution in [2.75, 3.05) is 19.8 Å². The van der Waals surface area contributed by atoms with Gasteiger partial charge in [0.15, 0.2) is 0 Å². The van der Waals surface area contributed by atoms with Crippen molar-refractivity contribution >= 4 is 17.9 Å². The van der Waals surface area contributed by atoms with Crippen LogP contribution in [-0.2, 0) is 83.7 Å². The van der Waals surface area contributed by atoms with E-state index in [0.717, 1.165) is 33.4 Å². The molecule has 1 aromatic heterocycles. The number of rotatable bonds is 15. The van der Waals surface area contributed by atoms with Crippen molar-refractivity contribution < 1.29 is 43.9 Å². The average molecular weight is 874 g/mol. The number of aryl methyl sites for hydroxylation is 3. The number of phenolic OH excluding ortho intramolecular Hbond substituents is 3. The Morgan fingerprint density at radius 3 is 0.873 bits per heavy atom. The standard InChI is InChI=1S/C48H63N3O12/c1-28-19-34(46(4,5)6)37(52)22-31(28)25-40(55)61-16-13-49-43(58)50(14-17-62-41(56)26-32-23-38(53)35(20-29(32)2)47(7,8)9)45(60)51(44(49)59)15-18-63-42(57)27-33-24-39(54)36(21-30(33)3)48(10,11)12/h19-24,52-54H,13-18,25-27H2,1-12H3. The second-order valence-electron chi connectivity index (χ2n) is 19.1. The molecule has 0 amide bonds. The van der Waals surface area contributed by atoms with Crippen LogP contribution in [0.2, 0.25) is 0 Å². The zero-order chi connectivity index (χ0) is 47.4. The largest absolute Gasteiger partial charge is 0.508 e. The molecule has 0 atom stereocenters. The van der Waals surface area contributed by atoms with Crippen LogP contribution < -0.4 is 17.1 Å². The van der Waals surface area contributed by atoms with Gasteiger partial charge in [-0.15, -0.1) is 0 Å². The van der Waals surface area contributed by atoms with Gasteiger partial charge in [-0.3, -0.25) is 14.4 Å². The zero-order valence-electron chi connectivity index (χ0n) is 38.7. The molecule has 342 valence electrons. The van der Waals surface area contributed by atoms with Gasteiger partial charge in [0.05, 0.1) is 38.9 Å². The molecule has 0 saturated carbocycles. The second-order valence-corrected chi connectivity index (χ2v) is 19.1. The summed E-state index contributed by atoms with van der Waals surface area (Å²) >= 11 is 0. The lowest BCUT2D eigenvalue weighted by molar-refractivity contribution is -0.144. The number of benzene rings is 3. The fourth-order valence-corrected chi connectivity index (χ4v) is 7.22. The molecule has 3 N–H and O–H groups in total. The van der Waals surface area contributed by atoms with Gasteiger partial charge in [-0.1, -0.05) is 80.5 Å². The second kappa shape index (κ2) is 19.5. The molecule has 0 radical (unpaired) electrons. The average Bonchev–Trinajstić information content (AvgIpc) is 3.15. The Morgan fingerprint density at radius 1 is 0.444 bits per heavy atom. The van der Waals surface area contributed by atoms with Crippen molar-refractivity contribution in [3.63, 3.8) is 0 Å². The molecule has 0 aliphatic carbocycles. The van der Waals surface area contributed by atoms with E-state index in [4.69, 9.17) is 14.2 Å². The van der Waals surface area contributed by atoms with Crippen LogP contribution in [0.4, 0.5) is 0 Å². The Kier molecular flexibility index (Phi) is 15.3. The molecule has 4 aromatic rings. The highest BCUT2D eigenvalue weighted by molar-refractivity contribution is 5.74. The van der Waals surface area contributed by atoms with Crippen molar-refractivity contribution in [2.24, 2.45) is 0 Å². The van der Waals surface area contributed by atoms with Crippen molar-refractivity contribution in [1.29, 1.82) is 0 Å². The summed E-state index contributed by atoms with van der Waals surface area (Å²) in [5, 5.41) is 31.9. The van der Waals surface area contributed by atoms with E-state index >= 15 is 0 Å². The van der Waals surface area contributed by atoms with Crippen LogP contribution in [0, 0.1) is 20.8 Å². The van der Waals surface area contributed by atoms with E-state index < -0.39 is 74.4 Å². The monoisotopic (exact) mass is 873 g/mol. The highest BCUT2D eigenvalue weighted by Crippen LogP contribution is 2.35. The molecule has 4 rings (SSSR count). The first kappa shape index (κ1) is 49.5. The lowest BCUT2D eigenvalue weighted by Gasteiger charge is -2.22. The maximum Gasteiger partial charge on any atom is 0.336 e. The minimum Gasteiger partial charge on any atom is -0.508 e. The maximum absolute atomic E-state index is 13.7.